The lowest BCUT2D eigenvalue weighted by Crippen LogP contribution is -2.46. The lowest BCUT2D eigenvalue weighted by molar-refractivity contribution is -0.384. The van der Waals surface area contributed by atoms with Gasteiger partial charge in [0.25, 0.3) is 5.69 Å². The van der Waals surface area contributed by atoms with Crippen molar-refractivity contribution in [3.05, 3.63) is 33.9 Å². The van der Waals surface area contributed by atoms with Crippen molar-refractivity contribution in [3.63, 3.8) is 0 Å². The van der Waals surface area contributed by atoms with E-state index in [2.05, 4.69) is 0 Å². The van der Waals surface area contributed by atoms with Crippen LogP contribution in [0.5, 0.6) is 0 Å². The number of nitriles is 1. The first-order valence-electron chi connectivity index (χ1n) is 8.40. The summed E-state index contributed by atoms with van der Waals surface area (Å²) >= 11 is 0. The topological polar surface area (TPSA) is 99.7 Å². The fraction of sp³-hybridized carbons (Fsp3) is 0.529. The molecular formula is C17H20N4O4. The molecule has 2 fully saturated rings. The third-order valence-electron chi connectivity index (χ3n) is 4.81. The van der Waals surface area contributed by atoms with Gasteiger partial charge in [0.1, 0.15) is 5.69 Å². The highest BCUT2D eigenvalue weighted by Crippen LogP contribution is 2.32. The van der Waals surface area contributed by atoms with Gasteiger partial charge in [-0.2, -0.15) is 5.26 Å². The molecule has 132 valence electrons. The van der Waals surface area contributed by atoms with Crippen LogP contribution in [0.4, 0.5) is 11.4 Å². The number of piperidine rings is 1. The van der Waals surface area contributed by atoms with E-state index in [1.54, 1.807) is 12.1 Å². The molecule has 1 aromatic rings. The van der Waals surface area contributed by atoms with Crippen molar-refractivity contribution in [2.45, 2.75) is 12.8 Å². The number of nitro benzene ring substituents is 1. The van der Waals surface area contributed by atoms with Crippen molar-refractivity contribution in [2.24, 2.45) is 5.92 Å². The van der Waals surface area contributed by atoms with Crippen molar-refractivity contribution < 1.29 is 14.5 Å². The summed E-state index contributed by atoms with van der Waals surface area (Å²) in [5, 5.41) is 20.2. The van der Waals surface area contributed by atoms with E-state index >= 15 is 0 Å². The van der Waals surface area contributed by atoms with Gasteiger partial charge in [0, 0.05) is 38.2 Å². The third-order valence-corrected chi connectivity index (χ3v) is 4.81. The molecule has 0 saturated carbocycles. The number of nitro groups is 1. The molecule has 0 spiro atoms. The van der Waals surface area contributed by atoms with E-state index in [0.717, 1.165) is 0 Å². The average molecular weight is 344 g/mol. The number of hydrogen-bond acceptors (Lipinski definition) is 6. The Morgan fingerprint density at radius 3 is 2.52 bits per heavy atom. The van der Waals surface area contributed by atoms with E-state index in [-0.39, 0.29) is 23.1 Å². The van der Waals surface area contributed by atoms with Gasteiger partial charge in [-0.05, 0) is 25.0 Å². The molecule has 0 radical (unpaired) electrons. The van der Waals surface area contributed by atoms with E-state index < -0.39 is 4.92 Å². The van der Waals surface area contributed by atoms with Gasteiger partial charge in [-0.15, -0.1) is 0 Å². The zero-order valence-electron chi connectivity index (χ0n) is 13.9. The SMILES string of the molecule is N#Cc1ccc(N2CCC(C(=O)N3CCOCC3)CC2)c([N+](=O)[O-])c1. The van der Waals surface area contributed by atoms with Crippen molar-refractivity contribution in [3.8, 4) is 6.07 Å². The van der Waals surface area contributed by atoms with Crippen LogP contribution in [-0.2, 0) is 9.53 Å². The predicted molar refractivity (Wildman–Crippen MR) is 90.1 cm³/mol. The van der Waals surface area contributed by atoms with Crippen molar-refractivity contribution >= 4 is 17.3 Å². The maximum atomic E-state index is 12.6. The number of hydrogen-bond donors (Lipinski definition) is 0. The predicted octanol–water partition coefficient (Wildman–Crippen LogP) is 1.54. The number of carbonyl (C=O) groups excluding carboxylic acids is 1. The van der Waals surface area contributed by atoms with Gasteiger partial charge in [0.2, 0.25) is 5.91 Å². The minimum absolute atomic E-state index is 0.0354. The summed E-state index contributed by atoms with van der Waals surface area (Å²) in [5.74, 6) is 0.129. The quantitative estimate of drug-likeness (QED) is 0.609. The molecule has 3 rings (SSSR count). The second-order valence-electron chi connectivity index (χ2n) is 6.27. The molecule has 1 aromatic carbocycles. The molecular weight excluding hydrogens is 324 g/mol. The molecule has 0 unspecified atom stereocenters. The molecule has 2 saturated heterocycles. The highest BCUT2D eigenvalue weighted by molar-refractivity contribution is 5.79. The highest BCUT2D eigenvalue weighted by atomic mass is 16.6. The Morgan fingerprint density at radius 2 is 1.92 bits per heavy atom. The standard InChI is InChI=1S/C17H20N4O4/c18-12-13-1-2-15(16(11-13)21(23)24)19-5-3-14(4-6-19)17(22)20-7-9-25-10-8-20/h1-2,11,14H,3-10H2. The molecule has 0 N–H and O–H groups in total. The molecule has 2 aliphatic rings. The number of rotatable bonds is 3. The molecule has 0 aliphatic carbocycles. The summed E-state index contributed by atoms with van der Waals surface area (Å²) in [7, 11) is 0. The van der Waals surface area contributed by atoms with Crippen LogP contribution in [0.15, 0.2) is 18.2 Å². The van der Waals surface area contributed by atoms with E-state index in [1.807, 2.05) is 15.9 Å². The minimum atomic E-state index is -0.457. The minimum Gasteiger partial charge on any atom is -0.378 e. The highest BCUT2D eigenvalue weighted by Gasteiger charge is 2.31. The summed E-state index contributed by atoms with van der Waals surface area (Å²) in [6.45, 7) is 3.63. The smallest absolute Gasteiger partial charge is 0.293 e. The van der Waals surface area contributed by atoms with Crippen LogP contribution in [-0.4, -0.2) is 55.1 Å². The number of morpholine rings is 1. The maximum absolute atomic E-state index is 12.6. The zero-order chi connectivity index (χ0) is 17.8. The van der Waals surface area contributed by atoms with Crippen molar-refractivity contribution in [1.82, 2.24) is 4.90 Å². The normalized spacial score (nSPS) is 18.7. The van der Waals surface area contributed by atoms with E-state index in [0.29, 0.717) is 57.9 Å². The molecule has 8 heteroatoms. The van der Waals surface area contributed by atoms with Gasteiger partial charge in [0.05, 0.1) is 29.8 Å². The Morgan fingerprint density at radius 1 is 1.24 bits per heavy atom. The van der Waals surface area contributed by atoms with Gasteiger partial charge in [-0.25, -0.2) is 0 Å². The Balaban J connectivity index is 1.67. The first-order chi connectivity index (χ1) is 12.1. The van der Waals surface area contributed by atoms with Gasteiger partial charge < -0.3 is 14.5 Å². The van der Waals surface area contributed by atoms with Crippen LogP contribution in [0, 0.1) is 27.4 Å². The van der Waals surface area contributed by atoms with Crippen LogP contribution in [0.1, 0.15) is 18.4 Å². The number of nitrogens with zero attached hydrogens (tertiary/aromatic N) is 4. The summed E-state index contributed by atoms with van der Waals surface area (Å²) in [4.78, 5) is 27.2. The Kier molecular flexibility index (Phi) is 5.14. The molecule has 0 atom stereocenters. The monoisotopic (exact) mass is 344 g/mol. The Labute approximate surface area is 145 Å². The molecule has 2 heterocycles. The van der Waals surface area contributed by atoms with E-state index in [1.165, 1.54) is 6.07 Å². The summed E-state index contributed by atoms with van der Waals surface area (Å²) in [6, 6.07) is 6.45. The van der Waals surface area contributed by atoms with Gasteiger partial charge >= 0.3 is 0 Å². The number of carbonyl (C=O) groups is 1. The van der Waals surface area contributed by atoms with Crippen LogP contribution in [0.25, 0.3) is 0 Å². The van der Waals surface area contributed by atoms with Crippen molar-refractivity contribution in [1.29, 1.82) is 5.26 Å². The van der Waals surface area contributed by atoms with Crippen LogP contribution >= 0.6 is 0 Å². The lowest BCUT2D eigenvalue weighted by atomic mass is 9.94. The average Bonchev–Trinajstić information content (AvgIpc) is 2.67. The number of amides is 1. The zero-order valence-corrected chi connectivity index (χ0v) is 13.9. The fourth-order valence-electron chi connectivity index (χ4n) is 3.42. The van der Waals surface area contributed by atoms with Crippen LogP contribution in [0.3, 0.4) is 0 Å². The number of ether oxygens (including phenoxy) is 1. The first-order valence-corrected chi connectivity index (χ1v) is 8.40. The summed E-state index contributed by atoms with van der Waals surface area (Å²) in [6.07, 6.45) is 1.35. The summed E-state index contributed by atoms with van der Waals surface area (Å²) in [5.41, 5.74) is 0.728. The number of anilines is 1. The van der Waals surface area contributed by atoms with Gasteiger partial charge in [-0.3, -0.25) is 14.9 Å². The molecule has 8 nitrogen and oxygen atoms in total. The Hall–Kier alpha value is -2.66. The van der Waals surface area contributed by atoms with Crippen molar-refractivity contribution in [2.75, 3.05) is 44.3 Å². The molecule has 2 aliphatic heterocycles. The molecule has 0 aromatic heterocycles. The molecule has 0 bridgehead atoms. The Bertz CT molecular complexity index is 701. The van der Waals surface area contributed by atoms with Gasteiger partial charge in [0.15, 0.2) is 0 Å². The molecule has 25 heavy (non-hydrogen) atoms. The maximum Gasteiger partial charge on any atom is 0.293 e. The fourth-order valence-corrected chi connectivity index (χ4v) is 3.42. The largest absolute Gasteiger partial charge is 0.378 e. The van der Waals surface area contributed by atoms with E-state index in [9.17, 15) is 14.9 Å². The lowest BCUT2D eigenvalue weighted by Gasteiger charge is -2.36. The molecule has 1 amide bonds. The number of benzene rings is 1. The summed E-state index contributed by atoms with van der Waals surface area (Å²) < 4.78 is 5.28. The van der Waals surface area contributed by atoms with E-state index in [4.69, 9.17) is 10.00 Å². The second-order valence-corrected chi connectivity index (χ2v) is 6.27. The van der Waals surface area contributed by atoms with Crippen LogP contribution in [0.2, 0.25) is 0 Å². The first kappa shape index (κ1) is 17.2. The third kappa shape index (κ3) is 3.72. The van der Waals surface area contributed by atoms with Crippen LogP contribution < -0.4 is 4.90 Å². The second kappa shape index (κ2) is 7.49. The van der Waals surface area contributed by atoms with Gasteiger partial charge in [-0.1, -0.05) is 0 Å².